The van der Waals surface area contributed by atoms with Crippen LogP contribution in [-0.2, 0) is 28.6 Å². The highest BCUT2D eigenvalue weighted by Crippen LogP contribution is 2.36. The highest BCUT2D eigenvalue weighted by molar-refractivity contribution is 5.95. The maximum absolute atomic E-state index is 12.2. The largest absolute Gasteiger partial charge is 0.458 e. The summed E-state index contributed by atoms with van der Waals surface area (Å²) in [5.74, 6) is -1.97. The Morgan fingerprint density at radius 3 is 2.55 bits per heavy atom. The number of aliphatic hydroxyl groups is 2. The Kier molecular flexibility index (Phi) is 6.81. The van der Waals surface area contributed by atoms with Gasteiger partial charge in [0.2, 0.25) is 0 Å². The number of hydrogen-bond acceptors (Lipinski definition) is 8. The van der Waals surface area contributed by atoms with E-state index in [9.17, 15) is 24.6 Å². The third-order valence-corrected chi connectivity index (χ3v) is 4.47. The van der Waals surface area contributed by atoms with E-state index in [1.165, 1.54) is 26.8 Å². The van der Waals surface area contributed by atoms with Crippen LogP contribution in [0.2, 0.25) is 0 Å². The number of aliphatic hydroxyl groups excluding tert-OH is 1. The molecule has 0 aromatic rings. The number of hydrogen-bond donors (Lipinski definition) is 2. The number of rotatable bonds is 4. The lowest BCUT2D eigenvalue weighted by molar-refractivity contribution is -0.145. The van der Waals surface area contributed by atoms with Gasteiger partial charge in [0.15, 0.2) is 0 Å². The maximum atomic E-state index is 12.2. The molecule has 2 rings (SSSR count). The van der Waals surface area contributed by atoms with Crippen molar-refractivity contribution in [1.29, 1.82) is 0 Å². The summed E-state index contributed by atoms with van der Waals surface area (Å²) < 4.78 is 16.0. The third-order valence-electron chi connectivity index (χ3n) is 4.47. The summed E-state index contributed by atoms with van der Waals surface area (Å²) >= 11 is 0. The zero-order chi connectivity index (χ0) is 21.9. The van der Waals surface area contributed by atoms with Gasteiger partial charge in [0.1, 0.15) is 18.0 Å². The van der Waals surface area contributed by atoms with E-state index in [-0.39, 0.29) is 35.3 Å². The molecule has 1 aliphatic heterocycles. The van der Waals surface area contributed by atoms with E-state index in [1.54, 1.807) is 13.0 Å². The molecule has 8 heteroatoms. The first-order valence-corrected chi connectivity index (χ1v) is 9.16. The lowest BCUT2D eigenvalue weighted by Crippen LogP contribution is -2.32. The molecule has 1 aliphatic carbocycles. The van der Waals surface area contributed by atoms with Crippen LogP contribution in [0.4, 0.5) is 0 Å². The minimum atomic E-state index is -1.52. The van der Waals surface area contributed by atoms with E-state index in [0.29, 0.717) is 5.57 Å². The Balaban J connectivity index is 2.61. The first kappa shape index (κ1) is 22.6. The second-order valence-electron chi connectivity index (χ2n) is 7.55. The minimum absolute atomic E-state index is 0.000148. The molecular formula is C21H26O8. The van der Waals surface area contributed by atoms with E-state index in [1.807, 2.05) is 0 Å². The first-order chi connectivity index (χ1) is 13.4. The molecule has 0 bridgehead atoms. The first-order valence-electron chi connectivity index (χ1n) is 9.16. The molecule has 0 aromatic heterocycles. The quantitative estimate of drug-likeness (QED) is 0.313. The number of ether oxygens (including phenoxy) is 3. The van der Waals surface area contributed by atoms with Crippen LogP contribution < -0.4 is 0 Å². The monoisotopic (exact) mass is 406 g/mol. The van der Waals surface area contributed by atoms with E-state index in [2.05, 4.69) is 6.58 Å². The summed E-state index contributed by atoms with van der Waals surface area (Å²) in [6.07, 6.45) is 1.43. The lowest BCUT2D eigenvalue weighted by atomic mass is 9.89. The van der Waals surface area contributed by atoms with Gasteiger partial charge in [0.25, 0.3) is 0 Å². The molecule has 2 aliphatic rings. The van der Waals surface area contributed by atoms with E-state index in [4.69, 9.17) is 14.2 Å². The predicted octanol–water partition coefficient (Wildman–Crippen LogP) is 1.63. The number of fused-ring (bicyclic) bond motifs is 1. The van der Waals surface area contributed by atoms with Crippen LogP contribution >= 0.6 is 0 Å². The topological polar surface area (TPSA) is 119 Å². The summed E-state index contributed by atoms with van der Waals surface area (Å²) in [6, 6.07) is 0. The molecule has 0 spiro atoms. The normalized spacial score (nSPS) is 29.1. The summed E-state index contributed by atoms with van der Waals surface area (Å²) in [5, 5.41) is 20.5. The van der Waals surface area contributed by atoms with Crippen LogP contribution in [0, 0.1) is 0 Å². The minimum Gasteiger partial charge on any atom is -0.458 e. The highest BCUT2D eigenvalue weighted by Gasteiger charge is 2.39. The molecule has 0 saturated heterocycles. The maximum Gasteiger partial charge on any atom is 0.342 e. The van der Waals surface area contributed by atoms with Crippen LogP contribution in [0.1, 0.15) is 40.5 Å². The van der Waals surface area contributed by atoms with Crippen LogP contribution in [-0.4, -0.2) is 52.5 Å². The van der Waals surface area contributed by atoms with Gasteiger partial charge in [-0.25, -0.2) is 9.59 Å². The second-order valence-corrected chi connectivity index (χ2v) is 7.55. The van der Waals surface area contributed by atoms with Crippen molar-refractivity contribution in [3.63, 3.8) is 0 Å². The van der Waals surface area contributed by atoms with Gasteiger partial charge in [-0.05, 0) is 32.9 Å². The smallest absolute Gasteiger partial charge is 0.342 e. The molecule has 2 N–H and O–H groups in total. The SMILES string of the molecule is C=C(C)C(=O)O[C@H]1C/C(C)=C/[C@H](OC(C)=O)C[C@](C)(O)C=C2OC(=O)C(CO)=C21. The Hall–Kier alpha value is -2.71. The van der Waals surface area contributed by atoms with Gasteiger partial charge in [0.05, 0.1) is 17.8 Å². The molecule has 29 heavy (non-hydrogen) atoms. The van der Waals surface area contributed by atoms with Gasteiger partial charge in [0, 0.05) is 30.9 Å². The fourth-order valence-corrected chi connectivity index (χ4v) is 3.29. The van der Waals surface area contributed by atoms with Crippen molar-refractivity contribution < 1.29 is 38.8 Å². The standard InChI is InChI=1S/C21H26O8/c1-11(2)19(24)28-16-7-12(3)6-14(27-13(4)23)8-21(5,26)9-17-18(16)15(10-22)20(25)29-17/h6,9,14,16,22,26H,1,7-8,10H2,2-5H3/b12-6+,17-9?/t14-,16-,21-/m0/s1. The van der Waals surface area contributed by atoms with Crippen LogP contribution in [0.15, 0.2) is 46.8 Å². The molecule has 0 unspecified atom stereocenters. The van der Waals surface area contributed by atoms with Crippen molar-refractivity contribution >= 4 is 17.9 Å². The summed E-state index contributed by atoms with van der Waals surface area (Å²) in [7, 11) is 0. The van der Waals surface area contributed by atoms with E-state index < -0.39 is 42.3 Å². The van der Waals surface area contributed by atoms with Crippen molar-refractivity contribution in [2.45, 2.75) is 58.3 Å². The highest BCUT2D eigenvalue weighted by atomic mass is 16.6. The Bertz CT molecular complexity index is 828. The van der Waals surface area contributed by atoms with Crippen LogP contribution in [0.3, 0.4) is 0 Å². The zero-order valence-corrected chi connectivity index (χ0v) is 17.0. The molecule has 0 saturated carbocycles. The predicted molar refractivity (Wildman–Crippen MR) is 102 cm³/mol. The molecule has 0 fully saturated rings. The third kappa shape index (κ3) is 5.65. The van der Waals surface area contributed by atoms with Crippen molar-refractivity contribution in [3.05, 3.63) is 46.8 Å². The van der Waals surface area contributed by atoms with Crippen LogP contribution in [0.5, 0.6) is 0 Å². The average Bonchev–Trinajstić information content (AvgIpc) is 2.86. The van der Waals surface area contributed by atoms with Gasteiger partial charge in [-0.2, -0.15) is 0 Å². The summed E-state index contributed by atoms with van der Waals surface area (Å²) in [4.78, 5) is 35.9. The molecule has 8 nitrogen and oxygen atoms in total. The molecule has 1 heterocycles. The summed E-state index contributed by atoms with van der Waals surface area (Å²) in [5.41, 5.74) is -0.516. The fraction of sp³-hybridized carbons (Fsp3) is 0.476. The van der Waals surface area contributed by atoms with Gasteiger partial charge in [-0.3, -0.25) is 4.79 Å². The summed E-state index contributed by atoms with van der Waals surface area (Å²) in [6.45, 7) is 8.91. The molecular weight excluding hydrogens is 380 g/mol. The van der Waals surface area contributed by atoms with Crippen molar-refractivity contribution in [1.82, 2.24) is 0 Å². The molecule has 158 valence electrons. The molecule has 0 aromatic carbocycles. The van der Waals surface area contributed by atoms with E-state index >= 15 is 0 Å². The zero-order valence-electron chi connectivity index (χ0n) is 17.0. The van der Waals surface area contributed by atoms with Crippen molar-refractivity contribution in [2.24, 2.45) is 0 Å². The molecule has 0 radical (unpaired) electrons. The van der Waals surface area contributed by atoms with Gasteiger partial charge in [-0.1, -0.05) is 12.2 Å². The van der Waals surface area contributed by atoms with Crippen molar-refractivity contribution in [2.75, 3.05) is 6.61 Å². The number of esters is 3. The second kappa shape index (κ2) is 8.75. The van der Waals surface area contributed by atoms with Crippen molar-refractivity contribution in [3.8, 4) is 0 Å². The van der Waals surface area contributed by atoms with Gasteiger partial charge >= 0.3 is 17.9 Å². The average molecular weight is 406 g/mol. The molecule has 0 amide bonds. The van der Waals surface area contributed by atoms with Gasteiger partial charge < -0.3 is 24.4 Å². The Morgan fingerprint density at radius 1 is 1.34 bits per heavy atom. The van der Waals surface area contributed by atoms with Gasteiger partial charge in [-0.15, -0.1) is 0 Å². The molecule has 3 atom stereocenters. The number of carbonyl (C=O) groups excluding carboxylic acids is 3. The lowest BCUT2D eigenvalue weighted by Gasteiger charge is -2.28. The number of carbonyl (C=O) groups is 3. The Morgan fingerprint density at radius 2 is 2.00 bits per heavy atom. The Labute approximate surface area is 169 Å². The van der Waals surface area contributed by atoms with E-state index in [0.717, 1.165) is 0 Å². The fourth-order valence-electron chi connectivity index (χ4n) is 3.29. The van der Waals surface area contributed by atoms with Crippen LogP contribution in [0.25, 0.3) is 0 Å².